The van der Waals surface area contributed by atoms with Crippen molar-refractivity contribution in [2.45, 2.75) is 41.5 Å². The van der Waals surface area contributed by atoms with E-state index < -0.39 is 0 Å². The van der Waals surface area contributed by atoms with Gasteiger partial charge in [0.25, 0.3) is 0 Å². The fourth-order valence-electron chi connectivity index (χ4n) is 7.35. The highest BCUT2D eigenvalue weighted by atomic mass is 15.1. The van der Waals surface area contributed by atoms with Gasteiger partial charge in [-0.15, -0.1) is 0 Å². The molecule has 0 aromatic heterocycles. The lowest BCUT2D eigenvalue weighted by molar-refractivity contribution is 0.728. The van der Waals surface area contributed by atoms with Crippen molar-refractivity contribution < 1.29 is 10.3 Å². The number of allylic oxidation sites excluding steroid dienone is 3. The molecule has 1 heteroatoms. The van der Waals surface area contributed by atoms with Gasteiger partial charge in [-0.1, -0.05) is 147 Å². The summed E-state index contributed by atoms with van der Waals surface area (Å²) in [6, 6.07) is 47.6. The van der Waals surface area contributed by atoms with Crippen molar-refractivity contribution in [3.8, 4) is 11.1 Å². The summed E-state index contributed by atoms with van der Waals surface area (Å²) >= 11 is 0. The molecule has 0 saturated carbocycles. The number of benzene rings is 6. The molecule has 0 N–H and O–H groups in total. The van der Waals surface area contributed by atoms with Gasteiger partial charge in [-0.05, 0) is 106 Å². The molecule has 1 aliphatic rings. The molecule has 7 aromatic rings. The van der Waals surface area contributed by atoms with Crippen LogP contribution in [0, 0.1) is 26.7 Å². The maximum Gasteiger partial charge on any atom is 0.0618 e. The lowest BCUT2D eigenvalue weighted by Gasteiger charge is -2.31. The van der Waals surface area contributed by atoms with Crippen LogP contribution in [-0.4, -0.2) is 0 Å². The fraction of sp³-hybridized carbons (Fsp3) is 0.149. The molecule has 0 spiro atoms. The summed E-state index contributed by atoms with van der Waals surface area (Å²) < 4.78 is 35.8. The van der Waals surface area contributed by atoms with Crippen molar-refractivity contribution in [3.05, 3.63) is 168 Å². The van der Waals surface area contributed by atoms with Crippen LogP contribution in [0.1, 0.15) is 47.7 Å². The van der Waals surface area contributed by atoms with E-state index >= 15 is 0 Å². The van der Waals surface area contributed by atoms with Gasteiger partial charge in [0.2, 0.25) is 0 Å². The second-order valence-electron chi connectivity index (χ2n) is 13.3. The predicted octanol–water partition coefficient (Wildman–Crippen LogP) is 14.4. The van der Waals surface area contributed by atoms with Crippen LogP contribution in [-0.2, 0) is 0 Å². The van der Waals surface area contributed by atoms with Gasteiger partial charge in [0.05, 0.1) is 5.69 Å². The maximum atomic E-state index is 5.75. The summed E-state index contributed by atoms with van der Waals surface area (Å²) in [7, 11) is 1.25. The van der Waals surface area contributed by atoms with Crippen LogP contribution in [0.2, 0.25) is 0 Å². The molecule has 1 atom stereocenters. The molecule has 8 rings (SSSR count). The molecule has 0 radical (unpaired) electrons. The third kappa shape index (κ3) is 5.50. The quantitative estimate of drug-likeness (QED) is 0.174. The zero-order valence-corrected chi connectivity index (χ0v) is 28.6. The molecule has 0 heterocycles. The molecule has 48 heavy (non-hydrogen) atoms. The first-order chi connectivity index (χ1) is 26.9. The minimum absolute atomic E-state index is 0.534. The Balaban J connectivity index is 0.000000792. The van der Waals surface area contributed by atoms with Gasteiger partial charge in [0, 0.05) is 32.4 Å². The van der Waals surface area contributed by atoms with Crippen LogP contribution < -0.4 is 4.90 Å². The van der Waals surface area contributed by atoms with Gasteiger partial charge in [-0.25, -0.2) is 0 Å². The van der Waals surface area contributed by atoms with Gasteiger partial charge in [0.15, 0.2) is 0 Å². The Hall–Kier alpha value is -5.40. The predicted molar refractivity (Wildman–Crippen MR) is 218 cm³/mol. The van der Waals surface area contributed by atoms with Crippen LogP contribution in [0.4, 0.5) is 11.4 Å². The number of hydrogen-bond donors (Lipinski definition) is 0. The molecule has 1 aliphatic carbocycles. The van der Waals surface area contributed by atoms with Crippen LogP contribution in [0.15, 0.2) is 151 Å². The van der Waals surface area contributed by atoms with E-state index in [1.807, 2.05) is 0 Å². The lowest BCUT2D eigenvalue weighted by Crippen LogP contribution is -2.18. The highest BCUT2D eigenvalue weighted by Gasteiger charge is 2.23. The van der Waals surface area contributed by atoms with Crippen molar-refractivity contribution in [1.82, 2.24) is 0 Å². The molecule has 7 aromatic carbocycles. The molecule has 1 nitrogen and oxygen atoms in total. The van der Waals surface area contributed by atoms with Gasteiger partial charge in [-0.3, -0.25) is 0 Å². The largest absolute Gasteiger partial charge is 0.310 e. The van der Waals surface area contributed by atoms with Crippen LogP contribution in [0.25, 0.3) is 54.2 Å². The molecular formula is C47H49N. The van der Waals surface area contributed by atoms with Crippen molar-refractivity contribution in [1.29, 1.82) is 0 Å². The van der Waals surface area contributed by atoms with E-state index in [0.29, 0.717) is 5.92 Å². The Kier molecular flexibility index (Phi) is 7.03. The minimum Gasteiger partial charge on any atom is -0.310 e. The Labute approximate surface area is 295 Å². The third-order valence-corrected chi connectivity index (χ3v) is 9.69. The Bertz CT molecular complexity index is 2400. The Morgan fingerprint density at radius 1 is 0.625 bits per heavy atom. The van der Waals surface area contributed by atoms with Gasteiger partial charge >= 0.3 is 0 Å². The number of fused-ring (bicyclic) bond motifs is 3. The van der Waals surface area contributed by atoms with Crippen LogP contribution in [0.3, 0.4) is 0 Å². The second kappa shape index (κ2) is 12.7. The average Bonchev–Trinajstić information content (AvgIpc) is 3.24. The van der Waals surface area contributed by atoms with Crippen LogP contribution in [0.5, 0.6) is 0 Å². The van der Waals surface area contributed by atoms with Crippen molar-refractivity contribution in [2.75, 3.05) is 4.90 Å². The van der Waals surface area contributed by atoms with E-state index in [0.717, 1.165) is 6.42 Å². The Morgan fingerprint density at radius 2 is 1.25 bits per heavy atom. The third-order valence-electron chi connectivity index (χ3n) is 9.69. The molecule has 242 valence electrons. The summed E-state index contributed by atoms with van der Waals surface area (Å²) in [5.74, 6) is 0.534. The summed E-state index contributed by atoms with van der Waals surface area (Å²) in [6.45, 7) is 8.84. The lowest BCUT2D eigenvalue weighted by atomic mass is 9.87. The number of hydrogen-bond acceptors (Lipinski definition) is 1. The SMILES string of the molecule is Cc1ccc(N(C2=CCC(C)C=C2)c2c3ccccc3c(-c3cc(C)cccc4cc(C)cc5ccc3cc45)c3ccccc23)cc1.[2H]C.[2H][2H].[2H][2H].[2H][2H]. The molecular weight excluding hydrogens is 579 g/mol. The topological polar surface area (TPSA) is 3.24 Å². The second-order valence-corrected chi connectivity index (χ2v) is 13.3. The normalized spacial score (nSPS) is 14.9. The zero-order chi connectivity index (χ0) is 40.1. The monoisotopic (exact) mass is 634 g/mol. The zero-order valence-electron chi connectivity index (χ0n) is 35.6. The fourth-order valence-corrected chi connectivity index (χ4v) is 7.35. The summed E-state index contributed by atoms with van der Waals surface area (Å²) in [5.41, 5.74) is 9.89. The van der Waals surface area contributed by atoms with Crippen molar-refractivity contribution in [2.24, 2.45) is 5.92 Å². The highest BCUT2D eigenvalue weighted by molar-refractivity contribution is 6.23. The number of rotatable bonds is 4. The van der Waals surface area contributed by atoms with E-state index in [2.05, 4.69) is 178 Å². The van der Waals surface area contributed by atoms with Gasteiger partial charge in [-0.2, -0.15) is 0 Å². The highest BCUT2D eigenvalue weighted by Crippen LogP contribution is 2.48. The van der Waals surface area contributed by atoms with Crippen LogP contribution >= 0.6 is 0 Å². The standard InChI is InChI=1S/C46H39N.CH4.3H2/c1-30-16-22-37(23-17-30)47(38-24-18-31(2)19-25-38)46-41-14-7-5-12-39(41)45(40-13-6-8-15-42(40)46)44-28-32(3)10-9-11-34-26-33(4)27-35-20-21-36(44)29-43(34)35;;;;/h5-18,20-29,31H,19H2,1-4H3;1H4;3*1H/i;1D;3*1+1D. The maximum absolute atomic E-state index is 5.75. The number of anilines is 2. The van der Waals surface area contributed by atoms with Crippen molar-refractivity contribution >= 4 is 54.5 Å². The van der Waals surface area contributed by atoms with Gasteiger partial charge in [0.1, 0.15) is 0 Å². The van der Waals surface area contributed by atoms with E-state index in [1.165, 1.54) is 95.4 Å². The molecule has 1 unspecified atom stereocenters. The molecule has 0 aliphatic heterocycles. The summed E-state index contributed by atoms with van der Waals surface area (Å²) in [5, 5.41) is 10.0. The average molecular weight is 635 g/mol. The molecule has 0 fully saturated rings. The first kappa shape index (κ1) is 26.6. The number of aryl methyl sites for hydroxylation is 3. The van der Waals surface area contributed by atoms with Gasteiger partial charge < -0.3 is 4.90 Å². The smallest absolute Gasteiger partial charge is 0.0618 e. The van der Waals surface area contributed by atoms with E-state index in [4.69, 9.17) is 10.3 Å². The summed E-state index contributed by atoms with van der Waals surface area (Å²) in [6.07, 6.45) is 8.09. The first-order valence-electron chi connectivity index (χ1n) is 20.7. The van der Waals surface area contributed by atoms with Crippen molar-refractivity contribution in [3.63, 3.8) is 0 Å². The molecule has 2 bridgehead atoms. The minimum atomic E-state index is 0.534. The van der Waals surface area contributed by atoms with E-state index in [-0.39, 0.29) is 0 Å². The number of nitrogens with zero attached hydrogens (tertiary/aromatic N) is 1. The molecule has 0 amide bonds. The molecule has 0 saturated heterocycles. The summed E-state index contributed by atoms with van der Waals surface area (Å²) in [4.78, 5) is 2.48. The van der Waals surface area contributed by atoms with E-state index in [9.17, 15) is 0 Å². The Morgan fingerprint density at radius 3 is 1.90 bits per heavy atom. The first-order valence-corrected chi connectivity index (χ1v) is 16.7. The van der Waals surface area contributed by atoms with E-state index in [1.54, 1.807) is 0 Å².